The van der Waals surface area contributed by atoms with Gasteiger partial charge in [-0.2, -0.15) is 0 Å². The van der Waals surface area contributed by atoms with Crippen LogP contribution in [0, 0.1) is 0 Å². The van der Waals surface area contributed by atoms with Crippen molar-refractivity contribution >= 4 is 17.9 Å². The van der Waals surface area contributed by atoms with E-state index in [0.29, 0.717) is 38.9 Å². The molecule has 0 saturated carbocycles. The van der Waals surface area contributed by atoms with Crippen molar-refractivity contribution in [3.8, 4) is 0 Å². The van der Waals surface area contributed by atoms with Gasteiger partial charge in [-0.05, 0) is 32.1 Å². The van der Waals surface area contributed by atoms with Crippen molar-refractivity contribution < 1.29 is 19.5 Å². The molecule has 2 rings (SSSR count). The molecule has 0 aromatic heterocycles. The maximum Gasteiger partial charge on any atom is 0.407 e. The van der Waals surface area contributed by atoms with Crippen LogP contribution >= 0.6 is 0 Å². The van der Waals surface area contributed by atoms with E-state index in [1.807, 2.05) is 0 Å². The van der Waals surface area contributed by atoms with E-state index in [1.54, 1.807) is 4.90 Å². The third kappa shape index (κ3) is 9.83. The van der Waals surface area contributed by atoms with E-state index in [2.05, 4.69) is 12.2 Å². The zero-order chi connectivity index (χ0) is 24.6. The van der Waals surface area contributed by atoms with Crippen molar-refractivity contribution in [1.29, 1.82) is 0 Å². The summed E-state index contributed by atoms with van der Waals surface area (Å²) in [4.78, 5) is 39.9. The highest BCUT2D eigenvalue weighted by Crippen LogP contribution is 2.25. The molecule has 0 bridgehead atoms. The topological polar surface area (TPSA) is 90.0 Å². The van der Waals surface area contributed by atoms with Gasteiger partial charge in [-0.1, -0.05) is 90.4 Å². The minimum Gasteiger partial charge on any atom is -0.465 e. The number of nitrogens with zero attached hydrogens (tertiary/aromatic N) is 2. The highest BCUT2D eigenvalue weighted by atomic mass is 16.4. The number of amides is 3. The fourth-order valence-electron chi connectivity index (χ4n) is 5.40. The molecule has 2 atom stereocenters. The van der Waals surface area contributed by atoms with Gasteiger partial charge in [0.1, 0.15) is 12.1 Å². The van der Waals surface area contributed by atoms with Crippen molar-refractivity contribution in [2.24, 2.45) is 0 Å². The lowest BCUT2D eigenvalue weighted by Gasteiger charge is -2.29. The van der Waals surface area contributed by atoms with E-state index in [0.717, 1.165) is 19.3 Å². The van der Waals surface area contributed by atoms with Crippen molar-refractivity contribution in [2.75, 3.05) is 19.6 Å². The van der Waals surface area contributed by atoms with Crippen LogP contribution in [0.2, 0.25) is 0 Å². The lowest BCUT2D eigenvalue weighted by atomic mass is 10.0. The van der Waals surface area contributed by atoms with Gasteiger partial charge in [-0.15, -0.1) is 0 Å². The summed E-state index contributed by atoms with van der Waals surface area (Å²) >= 11 is 0. The smallest absolute Gasteiger partial charge is 0.407 e. The molecule has 2 fully saturated rings. The Kier molecular flexibility index (Phi) is 14.0. The second-order valence-corrected chi connectivity index (χ2v) is 10.2. The molecule has 2 aliphatic heterocycles. The third-order valence-electron chi connectivity index (χ3n) is 7.45. The predicted molar refractivity (Wildman–Crippen MR) is 136 cm³/mol. The van der Waals surface area contributed by atoms with E-state index < -0.39 is 18.2 Å². The Morgan fingerprint density at radius 3 is 1.71 bits per heavy atom. The summed E-state index contributed by atoms with van der Waals surface area (Å²) < 4.78 is 0. The molecule has 3 amide bonds. The monoisotopic (exact) mass is 479 g/mol. The Morgan fingerprint density at radius 1 is 0.706 bits per heavy atom. The number of nitrogens with one attached hydrogen (secondary N) is 1. The van der Waals surface area contributed by atoms with Gasteiger partial charge < -0.3 is 15.3 Å². The van der Waals surface area contributed by atoms with Gasteiger partial charge in [0.25, 0.3) is 0 Å². The van der Waals surface area contributed by atoms with Gasteiger partial charge in [0.2, 0.25) is 11.8 Å². The normalized spacial score (nSPS) is 20.1. The van der Waals surface area contributed by atoms with Crippen LogP contribution in [0.15, 0.2) is 0 Å². The number of carboxylic acid groups (broad SMARTS) is 1. The average Bonchev–Trinajstić information content (AvgIpc) is 3.51. The predicted octanol–water partition coefficient (Wildman–Crippen LogP) is 5.72. The Balaban J connectivity index is 1.49. The van der Waals surface area contributed by atoms with Crippen LogP contribution in [0.5, 0.6) is 0 Å². The standard InChI is InChI=1S/C27H49N3O4/c1-2-3-4-5-6-7-8-9-10-11-12-13-14-15-20-28-25(31)23-18-16-21-29(23)26(32)24-19-17-22-30(24)27(33)34/h23-24H,2-22H2,1H3,(H,28,31)(H,33,34). The first-order chi connectivity index (χ1) is 16.6. The van der Waals surface area contributed by atoms with Gasteiger partial charge in [-0.25, -0.2) is 4.79 Å². The average molecular weight is 480 g/mol. The zero-order valence-electron chi connectivity index (χ0n) is 21.6. The molecule has 2 N–H and O–H groups in total. The molecule has 0 spiro atoms. The number of likely N-dealkylation sites (tertiary alicyclic amines) is 2. The van der Waals surface area contributed by atoms with E-state index in [9.17, 15) is 19.5 Å². The first-order valence-corrected chi connectivity index (χ1v) is 14.1. The van der Waals surface area contributed by atoms with Crippen LogP contribution in [-0.4, -0.2) is 64.5 Å². The summed E-state index contributed by atoms with van der Waals surface area (Å²) in [5, 5.41) is 12.3. The molecule has 2 heterocycles. The van der Waals surface area contributed by atoms with E-state index >= 15 is 0 Å². The molecular weight excluding hydrogens is 430 g/mol. The summed E-state index contributed by atoms with van der Waals surface area (Å²) in [6.45, 7) is 3.86. The van der Waals surface area contributed by atoms with Crippen LogP contribution in [-0.2, 0) is 9.59 Å². The largest absolute Gasteiger partial charge is 0.465 e. The first kappa shape index (κ1) is 28.4. The summed E-state index contributed by atoms with van der Waals surface area (Å²) in [6, 6.07) is -1.08. The molecule has 0 aliphatic carbocycles. The number of carbonyl (C=O) groups excluding carboxylic acids is 2. The molecule has 0 aromatic rings. The molecule has 0 radical (unpaired) electrons. The lowest BCUT2D eigenvalue weighted by molar-refractivity contribution is -0.141. The molecule has 2 saturated heterocycles. The lowest BCUT2D eigenvalue weighted by Crippen LogP contribution is -2.52. The Morgan fingerprint density at radius 2 is 1.18 bits per heavy atom. The summed E-state index contributed by atoms with van der Waals surface area (Å²) in [6.07, 6.45) is 20.0. The summed E-state index contributed by atoms with van der Waals surface area (Å²) in [5.41, 5.74) is 0. The maximum atomic E-state index is 12.9. The van der Waals surface area contributed by atoms with Gasteiger partial charge in [0.15, 0.2) is 0 Å². The summed E-state index contributed by atoms with van der Waals surface area (Å²) in [7, 11) is 0. The minimum atomic E-state index is -1.05. The quantitative estimate of drug-likeness (QED) is 0.261. The van der Waals surface area contributed by atoms with Gasteiger partial charge >= 0.3 is 6.09 Å². The third-order valence-corrected chi connectivity index (χ3v) is 7.45. The molecule has 0 aromatic carbocycles. The Labute approximate surface area is 207 Å². The van der Waals surface area contributed by atoms with E-state index in [4.69, 9.17) is 0 Å². The van der Waals surface area contributed by atoms with Crippen LogP contribution in [0.1, 0.15) is 122 Å². The fraction of sp³-hybridized carbons (Fsp3) is 0.889. The molecule has 2 unspecified atom stereocenters. The fourth-order valence-corrected chi connectivity index (χ4v) is 5.40. The Hall–Kier alpha value is -1.79. The number of rotatable bonds is 17. The number of carbonyl (C=O) groups is 3. The van der Waals surface area contributed by atoms with Crippen molar-refractivity contribution in [1.82, 2.24) is 15.1 Å². The second-order valence-electron chi connectivity index (χ2n) is 10.2. The molecular formula is C27H49N3O4. The molecule has 7 heteroatoms. The van der Waals surface area contributed by atoms with Gasteiger partial charge in [-0.3, -0.25) is 14.5 Å². The van der Waals surface area contributed by atoms with Crippen LogP contribution in [0.4, 0.5) is 4.79 Å². The summed E-state index contributed by atoms with van der Waals surface area (Å²) in [5.74, 6) is -0.283. The van der Waals surface area contributed by atoms with Crippen molar-refractivity contribution in [3.63, 3.8) is 0 Å². The van der Waals surface area contributed by atoms with Gasteiger partial charge in [0.05, 0.1) is 0 Å². The minimum absolute atomic E-state index is 0.0829. The Bertz CT molecular complexity index is 613. The molecule has 196 valence electrons. The highest BCUT2D eigenvalue weighted by Gasteiger charge is 2.41. The van der Waals surface area contributed by atoms with Crippen LogP contribution in [0.3, 0.4) is 0 Å². The second kappa shape index (κ2) is 16.8. The van der Waals surface area contributed by atoms with E-state index in [1.165, 1.54) is 81.9 Å². The molecule has 34 heavy (non-hydrogen) atoms. The number of unbranched alkanes of at least 4 members (excludes halogenated alkanes) is 13. The highest BCUT2D eigenvalue weighted by molar-refractivity contribution is 5.92. The molecule has 7 nitrogen and oxygen atoms in total. The number of hydrogen-bond donors (Lipinski definition) is 2. The van der Waals surface area contributed by atoms with Crippen LogP contribution < -0.4 is 5.32 Å². The maximum absolute atomic E-state index is 12.9. The first-order valence-electron chi connectivity index (χ1n) is 14.1. The van der Waals surface area contributed by atoms with Crippen molar-refractivity contribution in [2.45, 2.75) is 135 Å². The van der Waals surface area contributed by atoms with Crippen LogP contribution in [0.25, 0.3) is 0 Å². The van der Waals surface area contributed by atoms with E-state index in [-0.39, 0.29) is 11.8 Å². The number of hydrogen-bond acceptors (Lipinski definition) is 3. The molecule has 2 aliphatic rings. The SMILES string of the molecule is CCCCCCCCCCCCCCCCNC(=O)C1CCCN1C(=O)C1CCCN1C(=O)O. The zero-order valence-corrected chi connectivity index (χ0v) is 21.6. The van der Waals surface area contributed by atoms with Gasteiger partial charge in [0, 0.05) is 19.6 Å². The van der Waals surface area contributed by atoms with Crippen molar-refractivity contribution in [3.05, 3.63) is 0 Å².